The third kappa shape index (κ3) is 5.01. The first kappa shape index (κ1) is 14.3. The lowest BCUT2D eigenvalue weighted by Crippen LogP contribution is -1.98. The lowest BCUT2D eigenvalue weighted by molar-refractivity contribution is -0.131. The molecule has 4 heteroatoms. The van der Waals surface area contributed by atoms with Crippen molar-refractivity contribution in [3.05, 3.63) is 35.9 Å². The van der Waals surface area contributed by atoms with E-state index < -0.39 is 5.97 Å². The van der Waals surface area contributed by atoms with Crippen LogP contribution in [0, 0.1) is 0 Å². The van der Waals surface area contributed by atoms with Crippen molar-refractivity contribution in [3.63, 3.8) is 0 Å². The zero-order valence-electron chi connectivity index (χ0n) is 10.4. The van der Waals surface area contributed by atoms with Crippen molar-refractivity contribution >= 4 is 11.5 Å². The number of carboxylic acids is 1. The van der Waals surface area contributed by atoms with E-state index in [-0.39, 0.29) is 6.61 Å². The average Bonchev–Trinajstić information content (AvgIpc) is 2.34. The van der Waals surface area contributed by atoms with Gasteiger partial charge in [0.2, 0.25) is 0 Å². The highest BCUT2D eigenvalue weighted by Crippen LogP contribution is 2.18. The zero-order chi connectivity index (χ0) is 13.4. The lowest BCUT2D eigenvalue weighted by Gasteiger charge is -2.06. The Hall–Kier alpha value is -1.81. The van der Waals surface area contributed by atoms with Gasteiger partial charge in [-0.05, 0) is 43.0 Å². The maximum absolute atomic E-state index is 10.5. The highest BCUT2D eigenvalue weighted by molar-refractivity contribution is 5.89. The number of aliphatic hydroxyl groups excluding tert-OH is 1. The Morgan fingerprint density at radius 2 is 1.94 bits per heavy atom. The fourth-order valence-electron chi connectivity index (χ4n) is 1.49. The van der Waals surface area contributed by atoms with Crippen LogP contribution in [0.25, 0.3) is 5.57 Å². The second-order valence-electron chi connectivity index (χ2n) is 3.97. The molecule has 0 fully saturated rings. The van der Waals surface area contributed by atoms with Crippen LogP contribution >= 0.6 is 0 Å². The Balaban J connectivity index is 2.54. The van der Waals surface area contributed by atoms with Gasteiger partial charge >= 0.3 is 5.97 Å². The normalized spacial score (nSPS) is 11.3. The summed E-state index contributed by atoms with van der Waals surface area (Å²) in [4.78, 5) is 10.5. The molecule has 1 aromatic rings. The predicted octanol–water partition coefficient (Wildman–Crippen LogP) is 2.33. The lowest BCUT2D eigenvalue weighted by atomic mass is 10.1. The Morgan fingerprint density at radius 1 is 1.28 bits per heavy atom. The molecule has 4 nitrogen and oxygen atoms in total. The van der Waals surface area contributed by atoms with Gasteiger partial charge in [-0.25, -0.2) is 4.79 Å². The van der Waals surface area contributed by atoms with Crippen molar-refractivity contribution in [2.45, 2.75) is 19.8 Å². The number of carboxylic acid groups (broad SMARTS) is 1. The van der Waals surface area contributed by atoms with E-state index in [2.05, 4.69) is 0 Å². The van der Waals surface area contributed by atoms with Crippen LogP contribution in [-0.2, 0) is 4.79 Å². The number of hydrogen-bond donors (Lipinski definition) is 2. The number of carbonyl (C=O) groups is 1. The minimum atomic E-state index is -0.947. The molecule has 18 heavy (non-hydrogen) atoms. The molecule has 1 aromatic carbocycles. The number of benzene rings is 1. The van der Waals surface area contributed by atoms with Gasteiger partial charge in [-0.3, -0.25) is 0 Å². The van der Waals surface area contributed by atoms with Crippen molar-refractivity contribution < 1.29 is 19.7 Å². The van der Waals surface area contributed by atoms with Gasteiger partial charge in [0.25, 0.3) is 0 Å². The molecule has 0 bridgehead atoms. The third-order valence-corrected chi connectivity index (χ3v) is 2.47. The van der Waals surface area contributed by atoms with Gasteiger partial charge in [0.05, 0.1) is 6.61 Å². The van der Waals surface area contributed by atoms with E-state index in [0.717, 1.165) is 24.2 Å². The third-order valence-electron chi connectivity index (χ3n) is 2.47. The summed E-state index contributed by atoms with van der Waals surface area (Å²) in [7, 11) is 0. The molecule has 0 amide bonds. The molecule has 0 atom stereocenters. The molecule has 0 aliphatic rings. The molecule has 0 spiro atoms. The SMILES string of the molecule is CC(=CC(=O)O)c1ccc(OCCCCO)cc1. The number of ether oxygens (including phenoxy) is 1. The summed E-state index contributed by atoms with van der Waals surface area (Å²) in [6.07, 6.45) is 2.73. The molecule has 0 aliphatic carbocycles. The maximum Gasteiger partial charge on any atom is 0.328 e. The van der Waals surface area contributed by atoms with Crippen LogP contribution in [0.15, 0.2) is 30.3 Å². The molecule has 0 radical (unpaired) electrons. The van der Waals surface area contributed by atoms with Crippen LogP contribution in [0.4, 0.5) is 0 Å². The summed E-state index contributed by atoms with van der Waals surface area (Å²) in [6, 6.07) is 7.28. The van der Waals surface area contributed by atoms with Crippen LogP contribution in [0.3, 0.4) is 0 Å². The van der Waals surface area contributed by atoms with Crippen molar-refractivity contribution in [2.24, 2.45) is 0 Å². The van der Waals surface area contributed by atoms with E-state index in [1.54, 1.807) is 6.92 Å². The molecule has 1 rings (SSSR count). The smallest absolute Gasteiger partial charge is 0.328 e. The summed E-state index contributed by atoms with van der Waals surface area (Å²) in [5.41, 5.74) is 1.56. The largest absolute Gasteiger partial charge is 0.494 e. The Labute approximate surface area is 107 Å². The minimum absolute atomic E-state index is 0.182. The Morgan fingerprint density at radius 3 is 2.50 bits per heavy atom. The first-order valence-electron chi connectivity index (χ1n) is 5.89. The Kier molecular flexibility index (Phi) is 5.94. The van der Waals surface area contributed by atoms with Gasteiger partial charge in [-0.2, -0.15) is 0 Å². The van der Waals surface area contributed by atoms with Gasteiger partial charge in [0, 0.05) is 12.7 Å². The fourth-order valence-corrected chi connectivity index (χ4v) is 1.49. The monoisotopic (exact) mass is 250 g/mol. The molecule has 0 saturated heterocycles. The van der Waals surface area contributed by atoms with Crippen LogP contribution in [0.1, 0.15) is 25.3 Å². The van der Waals surface area contributed by atoms with Gasteiger partial charge < -0.3 is 14.9 Å². The van der Waals surface area contributed by atoms with E-state index in [1.165, 1.54) is 6.08 Å². The molecule has 0 aromatic heterocycles. The summed E-state index contributed by atoms with van der Waals surface area (Å²) >= 11 is 0. The average molecular weight is 250 g/mol. The van der Waals surface area contributed by atoms with Crippen LogP contribution in [-0.4, -0.2) is 29.4 Å². The summed E-state index contributed by atoms with van der Waals surface area (Å²) in [5, 5.41) is 17.3. The Bertz CT molecular complexity index is 406. The summed E-state index contributed by atoms with van der Waals surface area (Å²) in [6.45, 7) is 2.51. The summed E-state index contributed by atoms with van der Waals surface area (Å²) in [5.74, 6) is -0.198. The van der Waals surface area contributed by atoms with Crippen molar-refractivity contribution in [3.8, 4) is 5.75 Å². The molecule has 0 unspecified atom stereocenters. The molecule has 0 heterocycles. The van der Waals surface area contributed by atoms with Crippen molar-refractivity contribution in [1.82, 2.24) is 0 Å². The van der Waals surface area contributed by atoms with Gasteiger partial charge in [-0.15, -0.1) is 0 Å². The zero-order valence-corrected chi connectivity index (χ0v) is 10.4. The molecule has 2 N–H and O–H groups in total. The molecule has 0 aliphatic heterocycles. The number of hydrogen-bond acceptors (Lipinski definition) is 3. The number of rotatable bonds is 7. The summed E-state index contributed by atoms with van der Waals surface area (Å²) < 4.78 is 5.48. The van der Waals surface area contributed by atoms with Crippen molar-refractivity contribution in [2.75, 3.05) is 13.2 Å². The molecular formula is C14H18O4. The molecular weight excluding hydrogens is 232 g/mol. The number of aliphatic hydroxyl groups is 1. The standard InChI is InChI=1S/C14H18O4/c1-11(10-14(16)17)12-4-6-13(7-5-12)18-9-3-2-8-15/h4-7,10,15H,2-3,8-9H2,1H3,(H,16,17). The number of allylic oxidation sites excluding steroid dienone is 1. The van der Waals surface area contributed by atoms with Gasteiger partial charge in [-0.1, -0.05) is 12.1 Å². The van der Waals surface area contributed by atoms with E-state index in [4.69, 9.17) is 14.9 Å². The fraction of sp³-hybridized carbons (Fsp3) is 0.357. The number of unbranched alkanes of at least 4 members (excludes halogenated alkanes) is 1. The van der Waals surface area contributed by atoms with Gasteiger partial charge in [0.1, 0.15) is 5.75 Å². The first-order chi connectivity index (χ1) is 8.63. The second-order valence-corrected chi connectivity index (χ2v) is 3.97. The highest BCUT2D eigenvalue weighted by Gasteiger charge is 1.99. The topological polar surface area (TPSA) is 66.8 Å². The van der Waals surface area contributed by atoms with Crippen LogP contribution in [0.5, 0.6) is 5.75 Å². The van der Waals surface area contributed by atoms with Crippen LogP contribution < -0.4 is 4.74 Å². The second kappa shape index (κ2) is 7.50. The molecule has 98 valence electrons. The quantitative estimate of drug-likeness (QED) is 0.575. The van der Waals surface area contributed by atoms with E-state index in [0.29, 0.717) is 12.2 Å². The van der Waals surface area contributed by atoms with Gasteiger partial charge in [0.15, 0.2) is 0 Å². The van der Waals surface area contributed by atoms with Crippen molar-refractivity contribution in [1.29, 1.82) is 0 Å². The van der Waals surface area contributed by atoms with E-state index >= 15 is 0 Å². The van der Waals surface area contributed by atoms with Crippen LogP contribution in [0.2, 0.25) is 0 Å². The van der Waals surface area contributed by atoms with E-state index in [9.17, 15) is 4.79 Å². The van der Waals surface area contributed by atoms with E-state index in [1.807, 2.05) is 24.3 Å². The predicted molar refractivity (Wildman–Crippen MR) is 69.5 cm³/mol. The molecule has 0 saturated carbocycles. The highest BCUT2D eigenvalue weighted by atomic mass is 16.5. The first-order valence-corrected chi connectivity index (χ1v) is 5.89. The maximum atomic E-state index is 10.5. The number of aliphatic carboxylic acids is 1. The minimum Gasteiger partial charge on any atom is -0.494 e.